The van der Waals surface area contributed by atoms with Gasteiger partial charge in [-0.3, -0.25) is 0 Å². The van der Waals surface area contributed by atoms with E-state index in [0.717, 1.165) is 20.4 Å². The van der Waals surface area contributed by atoms with Crippen molar-refractivity contribution in [1.82, 2.24) is 19.2 Å². The summed E-state index contributed by atoms with van der Waals surface area (Å²) in [6, 6.07) is 0. The van der Waals surface area contributed by atoms with Gasteiger partial charge in [-0.25, -0.2) is 0 Å². The fourth-order valence-electron chi connectivity index (χ4n) is 2.64. The van der Waals surface area contributed by atoms with Crippen LogP contribution in [0.25, 0.3) is 20.4 Å². The molecule has 0 saturated heterocycles. The lowest BCUT2D eigenvalue weighted by Crippen LogP contribution is -2.16. The number of hydrogen-bond acceptors (Lipinski definition) is 6. The zero-order valence-electron chi connectivity index (χ0n) is 12.6. The maximum absolute atomic E-state index is 4.41. The minimum atomic E-state index is -0.00309. The summed E-state index contributed by atoms with van der Waals surface area (Å²) >= 11 is 2.93. The highest BCUT2D eigenvalue weighted by Crippen LogP contribution is 2.44. The van der Waals surface area contributed by atoms with Gasteiger partial charge in [0.15, 0.2) is 0 Å². The summed E-state index contributed by atoms with van der Waals surface area (Å²) in [5, 5.41) is 8.82. The van der Waals surface area contributed by atoms with Crippen molar-refractivity contribution in [2.75, 3.05) is 0 Å². The Bertz CT molecular complexity index is 672. The smallest absolute Gasteiger partial charge is 0.111 e. The number of fused-ring (bicyclic) bond motifs is 2. The third-order valence-electron chi connectivity index (χ3n) is 3.40. The molecular formula is C14H18N4S2. The van der Waals surface area contributed by atoms with E-state index in [0.29, 0.717) is 0 Å². The average Bonchev–Trinajstić information content (AvgIpc) is 2.88. The molecule has 6 heteroatoms. The molecule has 106 valence electrons. The molecule has 0 aliphatic rings. The van der Waals surface area contributed by atoms with Crippen LogP contribution in [0.2, 0.25) is 0 Å². The first-order chi connectivity index (χ1) is 9.21. The van der Waals surface area contributed by atoms with Crippen LogP contribution in [0.4, 0.5) is 0 Å². The molecule has 2 aromatic heterocycles. The Morgan fingerprint density at radius 2 is 1.00 bits per heavy atom. The van der Waals surface area contributed by atoms with Gasteiger partial charge in [-0.1, -0.05) is 50.5 Å². The summed E-state index contributed by atoms with van der Waals surface area (Å²) in [4.78, 5) is 0. The number of nitrogens with zero attached hydrogens (tertiary/aromatic N) is 4. The summed E-state index contributed by atoms with van der Waals surface area (Å²) < 4.78 is 10.7. The molecule has 4 nitrogen and oxygen atoms in total. The SMILES string of the molecule is CC(C)(C)c1c2nnsc2c(C(C)(C)C)c2nnsc12. The van der Waals surface area contributed by atoms with Crippen LogP contribution >= 0.6 is 23.1 Å². The number of hydrogen-bond donors (Lipinski definition) is 0. The molecule has 1 aromatic carbocycles. The second-order valence-electron chi connectivity index (χ2n) is 7.15. The monoisotopic (exact) mass is 306 g/mol. The van der Waals surface area contributed by atoms with Crippen LogP contribution in [0, 0.1) is 0 Å². The molecule has 0 aliphatic carbocycles. The van der Waals surface area contributed by atoms with E-state index in [-0.39, 0.29) is 10.8 Å². The molecule has 3 rings (SSSR count). The van der Waals surface area contributed by atoms with E-state index in [9.17, 15) is 0 Å². The van der Waals surface area contributed by atoms with Crippen LogP contribution in [0.15, 0.2) is 0 Å². The molecule has 0 aliphatic heterocycles. The normalized spacial score (nSPS) is 13.5. The van der Waals surface area contributed by atoms with Crippen LogP contribution in [0.5, 0.6) is 0 Å². The van der Waals surface area contributed by atoms with E-state index < -0.39 is 0 Å². The van der Waals surface area contributed by atoms with Gasteiger partial charge < -0.3 is 0 Å². The van der Waals surface area contributed by atoms with Crippen molar-refractivity contribution < 1.29 is 0 Å². The molecule has 0 N–H and O–H groups in total. The van der Waals surface area contributed by atoms with E-state index in [1.165, 1.54) is 34.2 Å². The van der Waals surface area contributed by atoms with Crippen molar-refractivity contribution in [3.8, 4) is 0 Å². The zero-order chi connectivity index (χ0) is 14.7. The molecule has 3 aromatic rings. The van der Waals surface area contributed by atoms with Gasteiger partial charge in [0.05, 0.1) is 9.40 Å². The molecular weight excluding hydrogens is 288 g/mol. The first-order valence-corrected chi connectivity index (χ1v) is 8.17. The van der Waals surface area contributed by atoms with Gasteiger partial charge in [0.1, 0.15) is 11.0 Å². The number of benzene rings is 1. The van der Waals surface area contributed by atoms with Crippen LogP contribution < -0.4 is 0 Å². The van der Waals surface area contributed by atoms with E-state index >= 15 is 0 Å². The maximum atomic E-state index is 4.41. The standard InChI is InChI=1S/C14H18N4S2/c1-13(2,3)7-9-12(20-17-15-9)8(14(4,5)6)10-11(7)19-18-16-10/h1-6H3. The summed E-state index contributed by atoms with van der Waals surface area (Å²) in [6.45, 7) is 13.2. The van der Waals surface area contributed by atoms with Crippen LogP contribution in [-0.4, -0.2) is 19.2 Å². The quantitative estimate of drug-likeness (QED) is 0.621. The van der Waals surface area contributed by atoms with Gasteiger partial charge in [0, 0.05) is 11.1 Å². The molecule has 0 radical (unpaired) electrons. The predicted octanol–water partition coefficient (Wildman–Crippen LogP) is 4.29. The van der Waals surface area contributed by atoms with Crippen molar-refractivity contribution in [3.05, 3.63) is 11.1 Å². The maximum Gasteiger partial charge on any atom is 0.111 e. The molecule has 0 spiro atoms. The number of aromatic nitrogens is 4. The van der Waals surface area contributed by atoms with Gasteiger partial charge in [0.2, 0.25) is 0 Å². The molecule has 0 unspecified atom stereocenters. The lowest BCUT2D eigenvalue weighted by molar-refractivity contribution is 0.593. The Morgan fingerprint density at radius 3 is 1.30 bits per heavy atom. The Kier molecular flexibility index (Phi) is 2.89. The molecule has 20 heavy (non-hydrogen) atoms. The van der Waals surface area contributed by atoms with Crippen LogP contribution in [0.1, 0.15) is 52.7 Å². The first kappa shape index (κ1) is 13.8. The fraction of sp³-hybridized carbons (Fsp3) is 0.571. The molecule has 0 atom stereocenters. The Morgan fingerprint density at radius 1 is 0.650 bits per heavy atom. The van der Waals surface area contributed by atoms with Crippen molar-refractivity contribution in [1.29, 1.82) is 0 Å². The van der Waals surface area contributed by atoms with E-state index in [1.807, 2.05) is 0 Å². The first-order valence-electron chi connectivity index (χ1n) is 6.62. The van der Waals surface area contributed by atoms with Crippen LogP contribution in [-0.2, 0) is 10.8 Å². The van der Waals surface area contributed by atoms with E-state index in [2.05, 4.69) is 60.7 Å². The zero-order valence-corrected chi connectivity index (χ0v) is 14.2. The minimum Gasteiger partial charge on any atom is -0.138 e. The Hall–Kier alpha value is -1.14. The lowest BCUT2D eigenvalue weighted by Gasteiger charge is -2.24. The van der Waals surface area contributed by atoms with Gasteiger partial charge in [-0.15, -0.1) is 10.2 Å². The molecule has 0 fully saturated rings. The largest absolute Gasteiger partial charge is 0.138 e. The second kappa shape index (κ2) is 4.18. The van der Waals surface area contributed by atoms with Crippen LogP contribution in [0.3, 0.4) is 0 Å². The molecule has 0 amide bonds. The lowest BCUT2D eigenvalue weighted by atomic mass is 9.80. The summed E-state index contributed by atoms with van der Waals surface area (Å²) in [5.41, 5.74) is 4.48. The van der Waals surface area contributed by atoms with E-state index in [1.54, 1.807) is 0 Å². The number of rotatable bonds is 0. The molecule has 2 heterocycles. The summed E-state index contributed by atoms with van der Waals surface area (Å²) in [7, 11) is 0. The highest BCUT2D eigenvalue weighted by atomic mass is 32.1. The molecule has 0 bridgehead atoms. The van der Waals surface area contributed by atoms with Gasteiger partial charge in [-0.2, -0.15) is 0 Å². The van der Waals surface area contributed by atoms with Gasteiger partial charge >= 0.3 is 0 Å². The topological polar surface area (TPSA) is 51.6 Å². The second-order valence-corrected chi connectivity index (χ2v) is 8.66. The van der Waals surface area contributed by atoms with Gasteiger partial charge in [-0.05, 0) is 33.9 Å². The van der Waals surface area contributed by atoms with Crippen molar-refractivity contribution in [2.24, 2.45) is 0 Å². The predicted molar refractivity (Wildman–Crippen MR) is 85.8 cm³/mol. The Balaban J connectivity index is 2.60. The Labute approximate surface area is 126 Å². The summed E-state index contributed by atoms with van der Waals surface area (Å²) in [6.07, 6.45) is 0. The van der Waals surface area contributed by atoms with E-state index in [4.69, 9.17) is 0 Å². The summed E-state index contributed by atoms with van der Waals surface area (Å²) in [5.74, 6) is 0. The third kappa shape index (κ3) is 1.93. The van der Waals surface area contributed by atoms with Crippen molar-refractivity contribution in [2.45, 2.75) is 52.4 Å². The fourth-order valence-corrected chi connectivity index (χ4v) is 4.50. The third-order valence-corrected chi connectivity index (χ3v) is 4.89. The van der Waals surface area contributed by atoms with Crippen molar-refractivity contribution >= 4 is 43.5 Å². The molecule has 0 saturated carbocycles. The van der Waals surface area contributed by atoms with Gasteiger partial charge in [0.25, 0.3) is 0 Å². The highest BCUT2D eigenvalue weighted by Gasteiger charge is 2.31. The highest BCUT2D eigenvalue weighted by molar-refractivity contribution is 7.15. The van der Waals surface area contributed by atoms with Crippen molar-refractivity contribution in [3.63, 3.8) is 0 Å². The average molecular weight is 306 g/mol. The minimum absolute atomic E-state index is 0.00309.